The molecule has 0 aliphatic heterocycles. The third-order valence-electron chi connectivity index (χ3n) is 3.94. The van der Waals surface area contributed by atoms with E-state index >= 15 is 0 Å². The van der Waals surface area contributed by atoms with Crippen LogP contribution in [0.4, 0.5) is 5.69 Å². The highest BCUT2D eigenvalue weighted by Crippen LogP contribution is 2.34. The molecule has 0 unspecified atom stereocenters. The summed E-state index contributed by atoms with van der Waals surface area (Å²) in [5.41, 5.74) is 2.22. The lowest BCUT2D eigenvalue weighted by Crippen LogP contribution is -2.43. The van der Waals surface area contributed by atoms with E-state index in [0.717, 1.165) is 11.0 Å². The Morgan fingerprint density at radius 2 is 1.88 bits per heavy atom. The van der Waals surface area contributed by atoms with Crippen molar-refractivity contribution in [3.05, 3.63) is 64.4 Å². The predicted octanol–water partition coefficient (Wildman–Crippen LogP) is 5.19. The molecule has 0 fully saturated rings. The lowest BCUT2D eigenvalue weighted by Gasteiger charge is -2.13. The maximum Gasteiger partial charge on any atom is 0.269 e. The van der Waals surface area contributed by atoms with E-state index in [9.17, 15) is 4.79 Å². The Bertz CT molecular complexity index is 958. The molecule has 4 nitrogen and oxygen atoms in total. The highest BCUT2D eigenvalue weighted by molar-refractivity contribution is 6.42. The van der Waals surface area contributed by atoms with Crippen LogP contribution in [0, 0.1) is 0 Å². The van der Waals surface area contributed by atoms with E-state index in [4.69, 9.17) is 34.8 Å². The minimum Gasteiger partial charge on any atom is -0.320 e. The van der Waals surface area contributed by atoms with Crippen LogP contribution in [0.1, 0.15) is 13.0 Å². The summed E-state index contributed by atoms with van der Waals surface area (Å²) in [6, 6.07) is 10.3. The van der Waals surface area contributed by atoms with Crippen LogP contribution in [0.15, 0.2) is 49.3 Å². The Morgan fingerprint density at radius 3 is 2.52 bits per heavy atom. The highest BCUT2D eigenvalue weighted by Gasteiger charge is 2.25. The van der Waals surface area contributed by atoms with Gasteiger partial charge in [0.15, 0.2) is 17.1 Å². The van der Waals surface area contributed by atoms with Gasteiger partial charge in [-0.05, 0) is 31.2 Å². The zero-order chi connectivity index (χ0) is 18.1. The van der Waals surface area contributed by atoms with Gasteiger partial charge in [0.2, 0.25) is 6.33 Å². The van der Waals surface area contributed by atoms with Crippen molar-refractivity contribution in [1.29, 1.82) is 0 Å². The Balaban J connectivity index is 1.95. The van der Waals surface area contributed by atoms with Gasteiger partial charge in [0.05, 0.1) is 21.9 Å². The van der Waals surface area contributed by atoms with Gasteiger partial charge >= 0.3 is 0 Å². The lowest BCUT2D eigenvalue weighted by atomic mass is 10.2. The second-order valence-electron chi connectivity index (χ2n) is 5.51. The first kappa shape index (κ1) is 17.8. The monoisotopic (exact) mass is 394 g/mol. The van der Waals surface area contributed by atoms with Crippen molar-refractivity contribution in [3.63, 3.8) is 0 Å². The third kappa shape index (κ3) is 3.38. The maximum absolute atomic E-state index is 12.7. The van der Waals surface area contributed by atoms with Crippen molar-refractivity contribution in [2.45, 2.75) is 13.0 Å². The molecule has 1 amide bonds. The van der Waals surface area contributed by atoms with Crippen molar-refractivity contribution in [2.24, 2.45) is 0 Å². The Morgan fingerprint density at radius 1 is 1.24 bits per heavy atom. The standard InChI is InChI=1S/C18H14Cl3N3O/c1-3-23-10-24(16-7-5-4-6-15(16)23)11(2)18(25)22-17-13(20)8-12(19)9-14(17)21/h3-11H,1H2,2H3/p+1/t11-/m1/s1. The summed E-state index contributed by atoms with van der Waals surface area (Å²) in [5.74, 6) is -0.247. The number of carbonyl (C=O) groups excluding carboxylic acids is 1. The van der Waals surface area contributed by atoms with Crippen molar-refractivity contribution < 1.29 is 9.36 Å². The van der Waals surface area contributed by atoms with E-state index in [1.807, 2.05) is 39.7 Å². The molecule has 128 valence electrons. The molecule has 0 bridgehead atoms. The van der Waals surface area contributed by atoms with Crippen molar-refractivity contribution in [3.8, 4) is 0 Å². The average molecular weight is 396 g/mol. The molecular formula is C18H15Cl3N3O+. The Hall–Kier alpha value is -2.01. The van der Waals surface area contributed by atoms with Crippen LogP contribution in [0.2, 0.25) is 15.1 Å². The number of aromatic nitrogens is 2. The molecular weight excluding hydrogens is 381 g/mol. The summed E-state index contributed by atoms with van der Waals surface area (Å²) in [6.45, 7) is 5.60. The summed E-state index contributed by atoms with van der Waals surface area (Å²) in [5, 5.41) is 3.76. The quantitative estimate of drug-likeness (QED) is 0.607. The molecule has 0 saturated heterocycles. The number of anilines is 1. The molecule has 25 heavy (non-hydrogen) atoms. The Kier molecular flexibility index (Phi) is 5.04. The number of hydrogen-bond donors (Lipinski definition) is 1. The number of rotatable bonds is 4. The van der Waals surface area contributed by atoms with Gasteiger partial charge in [0.25, 0.3) is 5.91 Å². The van der Waals surface area contributed by atoms with E-state index in [-0.39, 0.29) is 16.0 Å². The van der Waals surface area contributed by atoms with Crippen LogP contribution in [-0.2, 0) is 4.79 Å². The first-order valence-corrected chi connectivity index (χ1v) is 8.64. The van der Waals surface area contributed by atoms with Gasteiger partial charge in [-0.2, -0.15) is 0 Å². The van der Waals surface area contributed by atoms with Gasteiger partial charge in [-0.25, -0.2) is 9.13 Å². The molecule has 7 heteroatoms. The van der Waals surface area contributed by atoms with Crippen LogP contribution >= 0.6 is 34.8 Å². The van der Waals surface area contributed by atoms with Crippen LogP contribution in [0.5, 0.6) is 0 Å². The molecule has 0 saturated carbocycles. The molecule has 1 atom stereocenters. The summed E-state index contributed by atoms with van der Waals surface area (Å²) in [4.78, 5) is 12.7. The van der Waals surface area contributed by atoms with Crippen LogP contribution < -0.4 is 9.88 Å². The number of para-hydroxylation sites is 2. The molecule has 2 aromatic carbocycles. The largest absolute Gasteiger partial charge is 0.320 e. The number of nitrogens with one attached hydrogen (secondary N) is 1. The number of carbonyl (C=O) groups is 1. The molecule has 3 rings (SSSR count). The van der Waals surface area contributed by atoms with Gasteiger partial charge in [0.1, 0.15) is 0 Å². The number of amides is 1. The van der Waals surface area contributed by atoms with Gasteiger partial charge < -0.3 is 5.32 Å². The molecule has 3 aromatic rings. The first-order valence-electron chi connectivity index (χ1n) is 7.51. The molecule has 1 N–H and O–H groups in total. The lowest BCUT2D eigenvalue weighted by molar-refractivity contribution is -0.680. The van der Waals surface area contributed by atoms with E-state index in [2.05, 4.69) is 11.9 Å². The van der Waals surface area contributed by atoms with E-state index in [0.29, 0.717) is 10.7 Å². The van der Waals surface area contributed by atoms with Crippen molar-refractivity contribution in [2.75, 3.05) is 5.32 Å². The zero-order valence-corrected chi connectivity index (χ0v) is 15.6. The minimum atomic E-state index is -0.492. The molecule has 0 aliphatic carbocycles. The van der Waals surface area contributed by atoms with E-state index in [1.165, 1.54) is 12.1 Å². The van der Waals surface area contributed by atoms with Crippen LogP contribution in [-0.4, -0.2) is 10.5 Å². The fourth-order valence-corrected chi connectivity index (χ4v) is 3.54. The van der Waals surface area contributed by atoms with Crippen molar-refractivity contribution in [1.82, 2.24) is 4.57 Å². The van der Waals surface area contributed by atoms with E-state index in [1.54, 1.807) is 13.1 Å². The van der Waals surface area contributed by atoms with E-state index < -0.39 is 6.04 Å². The number of nitrogens with zero attached hydrogens (tertiary/aromatic N) is 2. The molecule has 1 heterocycles. The molecule has 0 spiro atoms. The summed E-state index contributed by atoms with van der Waals surface area (Å²) in [6.07, 6.45) is 3.52. The summed E-state index contributed by atoms with van der Waals surface area (Å²) < 4.78 is 3.73. The average Bonchev–Trinajstić information content (AvgIpc) is 2.96. The number of benzene rings is 2. The van der Waals surface area contributed by atoms with Crippen LogP contribution in [0.25, 0.3) is 17.2 Å². The second-order valence-corrected chi connectivity index (χ2v) is 6.76. The minimum absolute atomic E-state index is 0.247. The van der Waals surface area contributed by atoms with Gasteiger partial charge in [-0.1, -0.05) is 53.5 Å². The maximum atomic E-state index is 12.7. The molecule has 0 aliphatic rings. The topological polar surface area (TPSA) is 37.9 Å². The second kappa shape index (κ2) is 7.08. The fraction of sp³-hybridized carbons (Fsp3) is 0.111. The number of hydrogen-bond acceptors (Lipinski definition) is 1. The SMILES string of the molecule is C=Cn1c[n+]([C@H](C)C(=O)Nc2c(Cl)cc(Cl)cc2Cl)c2ccccc21. The zero-order valence-electron chi connectivity index (χ0n) is 13.3. The van der Waals surface area contributed by atoms with Crippen molar-refractivity contribution >= 4 is 63.6 Å². The normalized spacial score (nSPS) is 12.2. The smallest absolute Gasteiger partial charge is 0.269 e. The fourth-order valence-electron chi connectivity index (χ4n) is 2.63. The third-order valence-corrected chi connectivity index (χ3v) is 4.75. The molecule has 1 aromatic heterocycles. The van der Waals surface area contributed by atoms with Crippen LogP contribution in [0.3, 0.4) is 0 Å². The predicted molar refractivity (Wildman–Crippen MR) is 103 cm³/mol. The number of fused-ring (bicyclic) bond motifs is 1. The van der Waals surface area contributed by atoms with Gasteiger partial charge in [0, 0.05) is 5.02 Å². The van der Waals surface area contributed by atoms with Gasteiger partial charge in [-0.15, -0.1) is 0 Å². The van der Waals surface area contributed by atoms with Gasteiger partial charge in [-0.3, -0.25) is 4.79 Å². The number of halogens is 3. The summed E-state index contributed by atoms with van der Waals surface area (Å²) >= 11 is 18.2. The number of imidazole rings is 1. The Labute approximate surface area is 160 Å². The molecule has 0 radical (unpaired) electrons. The first-order chi connectivity index (χ1) is 11.9. The highest BCUT2D eigenvalue weighted by atomic mass is 35.5. The summed E-state index contributed by atoms with van der Waals surface area (Å²) in [7, 11) is 0.